The van der Waals surface area contributed by atoms with Crippen molar-refractivity contribution >= 4 is 27.6 Å². The van der Waals surface area contributed by atoms with Gasteiger partial charge in [-0.2, -0.15) is 0 Å². The Balaban J connectivity index is 2.98. The molecule has 7 heteroatoms. The van der Waals surface area contributed by atoms with Crippen LogP contribution in [0.2, 0.25) is 0 Å². The molecule has 0 unspecified atom stereocenters. The van der Waals surface area contributed by atoms with Crippen molar-refractivity contribution in [1.82, 2.24) is 4.98 Å². The van der Waals surface area contributed by atoms with Gasteiger partial charge < -0.3 is 10.5 Å². The second-order valence-corrected chi connectivity index (χ2v) is 4.03. The van der Waals surface area contributed by atoms with E-state index in [1.54, 1.807) is 6.92 Å². The largest absolute Gasteiger partial charge is 0.466 e. The smallest absolute Gasteiger partial charge is 0.311 e. The predicted octanol–water partition coefficient (Wildman–Crippen LogP) is 2.47. The van der Waals surface area contributed by atoms with Crippen molar-refractivity contribution in [1.29, 1.82) is 0 Å². The molecule has 0 aliphatic rings. The first-order valence-electron chi connectivity index (χ1n) is 4.84. The Morgan fingerprint density at radius 1 is 1.65 bits per heavy atom. The monoisotopic (exact) mass is 308 g/mol. The van der Waals surface area contributed by atoms with E-state index in [0.717, 1.165) is 0 Å². The first kappa shape index (κ1) is 13.8. The van der Waals surface area contributed by atoms with E-state index in [-0.39, 0.29) is 24.4 Å². The lowest BCUT2D eigenvalue weighted by Crippen LogP contribution is -2.11. The summed E-state index contributed by atoms with van der Waals surface area (Å²) < 4.78 is 30.2. The van der Waals surface area contributed by atoms with Crippen LogP contribution in [0.25, 0.3) is 0 Å². The number of alkyl halides is 2. The van der Waals surface area contributed by atoms with Gasteiger partial charge in [-0.25, -0.2) is 13.8 Å². The second kappa shape index (κ2) is 5.90. The van der Waals surface area contributed by atoms with Crippen molar-refractivity contribution in [3.63, 3.8) is 0 Å². The highest BCUT2D eigenvalue weighted by atomic mass is 79.9. The summed E-state index contributed by atoms with van der Waals surface area (Å²) in [5, 5.41) is 0. The van der Waals surface area contributed by atoms with Crippen molar-refractivity contribution in [2.45, 2.75) is 19.8 Å². The topological polar surface area (TPSA) is 65.2 Å². The van der Waals surface area contributed by atoms with Crippen LogP contribution in [0.1, 0.15) is 24.7 Å². The fourth-order valence-corrected chi connectivity index (χ4v) is 1.68. The van der Waals surface area contributed by atoms with Crippen LogP contribution in [0.4, 0.5) is 14.5 Å². The van der Waals surface area contributed by atoms with Crippen molar-refractivity contribution < 1.29 is 18.3 Å². The molecule has 0 aliphatic heterocycles. The van der Waals surface area contributed by atoms with Gasteiger partial charge in [0.05, 0.1) is 24.4 Å². The zero-order valence-electron chi connectivity index (χ0n) is 9.04. The van der Waals surface area contributed by atoms with Crippen LogP contribution in [-0.2, 0) is 16.0 Å². The molecule has 94 valence electrons. The Morgan fingerprint density at radius 3 is 2.82 bits per heavy atom. The highest BCUT2D eigenvalue weighted by Crippen LogP contribution is 2.30. The molecule has 1 rings (SSSR count). The minimum absolute atomic E-state index is 0.118. The maximum atomic E-state index is 12.6. The fraction of sp³-hybridized carbons (Fsp3) is 0.400. The number of esters is 1. The van der Waals surface area contributed by atoms with Crippen LogP contribution < -0.4 is 5.73 Å². The molecule has 0 aliphatic carbocycles. The zero-order valence-corrected chi connectivity index (χ0v) is 10.6. The lowest BCUT2D eigenvalue weighted by molar-refractivity contribution is -0.142. The van der Waals surface area contributed by atoms with E-state index in [1.165, 1.54) is 6.07 Å². The Kier molecular flexibility index (Phi) is 4.80. The molecule has 0 spiro atoms. The maximum Gasteiger partial charge on any atom is 0.311 e. The van der Waals surface area contributed by atoms with Gasteiger partial charge >= 0.3 is 5.97 Å². The van der Waals surface area contributed by atoms with Crippen LogP contribution in [0, 0.1) is 0 Å². The summed E-state index contributed by atoms with van der Waals surface area (Å²) in [5.41, 5.74) is 4.98. The molecule has 0 fully saturated rings. The lowest BCUT2D eigenvalue weighted by Gasteiger charge is -2.09. The number of rotatable bonds is 4. The molecule has 1 aromatic rings. The number of nitrogens with zero attached hydrogens (tertiary/aromatic N) is 1. The molecule has 17 heavy (non-hydrogen) atoms. The molecular weight excluding hydrogens is 298 g/mol. The minimum atomic E-state index is -2.78. The number of pyridine rings is 1. The van der Waals surface area contributed by atoms with E-state index in [9.17, 15) is 13.6 Å². The number of halogens is 3. The molecule has 2 N–H and O–H groups in total. The van der Waals surface area contributed by atoms with Gasteiger partial charge in [0, 0.05) is 4.47 Å². The molecule has 0 bridgehead atoms. The molecule has 1 aromatic heterocycles. The summed E-state index contributed by atoms with van der Waals surface area (Å²) >= 11 is 3.04. The molecule has 0 saturated heterocycles. The third-order valence-electron chi connectivity index (χ3n) is 1.93. The molecular formula is C10H11BrF2N2O2. The number of carbonyl (C=O) groups is 1. The standard InChI is InChI=1S/C10H11BrF2N2O2/c1-2-17-7(16)4-5-3-6(11)8(14)9(15-5)10(12)13/h3,10H,2,4,14H2,1H3. The quantitative estimate of drug-likeness (QED) is 0.868. The second-order valence-electron chi connectivity index (χ2n) is 3.18. The van der Waals surface area contributed by atoms with Gasteiger partial charge in [-0.15, -0.1) is 0 Å². The highest BCUT2D eigenvalue weighted by molar-refractivity contribution is 9.10. The molecule has 0 radical (unpaired) electrons. The summed E-state index contributed by atoms with van der Waals surface area (Å²) in [6.07, 6.45) is -2.94. The van der Waals surface area contributed by atoms with E-state index in [4.69, 9.17) is 10.5 Å². The van der Waals surface area contributed by atoms with E-state index >= 15 is 0 Å². The third kappa shape index (κ3) is 3.62. The van der Waals surface area contributed by atoms with E-state index < -0.39 is 18.1 Å². The number of ether oxygens (including phenoxy) is 1. The number of hydrogen-bond acceptors (Lipinski definition) is 4. The summed E-state index contributed by atoms with van der Waals surface area (Å²) in [7, 11) is 0. The maximum absolute atomic E-state index is 12.6. The van der Waals surface area contributed by atoms with Crippen LogP contribution in [0.15, 0.2) is 10.5 Å². The van der Waals surface area contributed by atoms with Gasteiger partial charge in [-0.3, -0.25) is 4.79 Å². The number of nitrogens with two attached hydrogens (primary N) is 1. The predicted molar refractivity (Wildman–Crippen MR) is 61.6 cm³/mol. The van der Waals surface area contributed by atoms with Crippen molar-refractivity contribution in [2.75, 3.05) is 12.3 Å². The van der Waals surface area contributed by atoms with Crippen LogP contribution >= 0.6 is 15.9 Å². The number of carbonyl (C=O) groups excluding carboxylic acids is 1. The third-order valence-corrected chi connectivity index (χ3v) is 2.58. The van der Waals surface area contributed by atoms with E-state index in [0.29, 0.717) is 4.47 Å². The first-order chi connectivity index (χ1) is 7.95. The van der Waals surface area contributed by atoms with Gasteiger partial charge in [-0.1, -0.05) is 0 Å². The Morgan fingerprint density at radius 2 is 2.29 bits per heavy atom. The number of hydrogen-bond donors (Lipinski definition) is 1. The Labute approximate surface area is 105 Å². The Hall–Kier alpha value is -1.24. The average Bonchev–Trinajstić information content (AvgIpc) is 2.23. The molecule has 0 aromatic carbocycles. The lowest BCUT2D eigenvalue weighted by atomic mass is 10.2. The Bertz CT molecular complexity index is 427. The van der Waals surface area contributed by atoms with Gasteiger partial charge in [-0.05, 0) is 28.9 Å². The van der Waals surface area contributed by atoms with Gasteiger partial charge in [0.1, 0.15) is 5.69 Å². The zero-order chi connectivity index (χ0) is 13.0. The van der Waals surface area contributed by atoms with Gasteiger partial charge in [0.2, 0.25) is 0 Å². The summed E-state index contributed by atoms with van der Waals surface area (Å²) in [6.45, 7) is 1.89. The van der Waals surface area contributed by atoms with Crippen molar-refractivity contribution in [2.24, 2.45) is 0 Å². The van der Waals surface area contributed by atoms with Crippen molar-refractivity contribution in [3.8, 4) is 0 Å². The number of aromatic nitrogens is 1. The van der Waals surface area contributed by atoms with Crippen LogP contribution in [-0.4, -0.2) is 17.6 Å². The summed E-state index contributed by atoms with van der Waals surface area (Å²) in [5.74, 6) is -0.517. The number of nitrogen functional groups attached to an aromatic ring is 1. The molecule has 0 atom stereocenters. The fourth-order valence-electron chi connectivity index (χ4n) is 1.21. The van der Waals surface area contributed by atoms with E-state index in [1.807, 2.05) is 0 Å². The van der Waals surface area contributed by atoms with Gasteiger partial charge in [0.25, 0.3) is 6.43 Å². The van der Waals surface area contributed by atoms with Crippen LogP contribution in [0.5, 0.6) is 0 Å². The van der Waals surface area contributed by atoms with E-state index in [2.05, 4.69) is 20.9 Å². The van der Waals surface area contributed by atoms with Gasteiger partial charge in [0.15, 0.2) is 0 Å². The van der Waals surface area contributed by atoms with Crippen LogP contribution in [0.3, 0.4) is 0 Å². The molecule has 1 heterocycles. The SMILES string of the molecule is CCOC(=O)Cc1cc(Br)c(N)c(C(F)F)n1. The highest BCUT2D eigenvalue weighted by Gasteiger charge is 2.18. The summed E-state index contributed by atoms with van der Waals surface area (Å²) in [4.78, 5) is 14.8. The minimum Gasteiger partial charge on any atom is -0.466 e. The normalized spacial score (nSPS) is 10.6. The molecule has 0 amide bonds. The molecule has 4 nitrogen and oxygen atoms in total. The van der Waals surface area contributed by atoms with Crippen molar-refractivity contribution in [3.05, 3.63) is 21.9 Å². The number of anilines is 1. The first-order valence-corrected chi connectivity index (χ1v) is 5.63. The summed E-state index contributed by atoms with van der Waals surface area (Å²) in [6, 6.07) is 1.43. The average molecular weight is 309 g/mol. The molecule has 0 saturated carbocycles.